The zero-order valence-corrected chi connectivity index (χ0v) is 9.81. The van der Waals surface area contributed by atoms with Crippen LogP contribution in [0.15, 0.2) is 47.5 Å². The molecule has 1 amide bonds. The Kier molecular flexibility index (Phi) is 3.26. The van der Waals surface area contributed by atoms with Crippen molar-refractivity contribution in [3.63, 3.8) is 0 Å². The average molecular weight is 278 g/mol. The number of anilines is 1. The van der Waals surface area contributed by atoms with Gasteiger partial charge in [-0.2, -0.15) is 0 Å². The predicted molar refractivity (Wildman–Crippen MR) is 64.1 cm³/mol. The molecule has 80 valence electrons. The maximum atomic E-state index is 11.8. The number of aromatic nitrogens is 2. The smallest absolute Gasteiger partial charge is 0.255 e. The number of halogens is 1. The van der Waals surface area contributed by atoms with Crippen LogP contribution in [0.3, 0.4) is 0 Å². The molecule has 16 heavy (non-hydrogen) atoms. The quantitative estimate of drug-likeness (QED) is 0.859. The van der Waals surface area contributed by atoms with Crippen LogP contribution in [0.4, 0.5) is 5.69 Å². The standard InChI is InChI=1S/C11H8BrN3O/c12-10-7-8(1-6-14-10)11(16)15-9-2-4-13-5-3-9/h1-7H,(H,13,15,16). The molecule has 0 unspecified atom stereocenters. The summed E-state index contributed by atoms with van der Waals surface area (Å²) < 4.78 is 0.634. The Hall–Kier alpha value is -1.75. The molecule has 0 spiro atoms. The summed E-state index contributed by atoms with van der Waals surface area (Å²) in [5.74, 6) is -0.172. The van der Waals surface area contributed by atoms with Crippen molar-refractivity contribution in [2.24, 2.45) is 0 Å². The van der Waals surface area contributed by atoms with Crippen LogP contribution in [0.5, 0.6) is 0 Å². The number of hydrogen-bond donors (Lipinski definition) is 1. The van der Waals surface area contributed by atoms with Crippen molar-refractivity contribution in [1.29, 1.82) is 0 Å². The topological polar surface area (TPSA) is 54.9 Å². The number of rotatable bonds is 2. The zero-order chi connectivity index (χ0) is 11.4. The highest BCUT2D eigenvalue weighted by atomic mass is 79.9. The Morgan fingerprint density at radius 2 is 1.94 bits per heavy atom. The van der Waals surface area contributed by atoms with Crippen LogP contribution in [0.25, 0.3) is 0 Å². The van der Waals surface area contributed by atoms with Crippen molar-refractivity contribution in [3.8, 4) is 0 Å². The predicted octanol–water partition coefficient (Wildman–Crippen LogP) is 2.49. The average Bonchev–Trinajstić information content (AvgIpc) is 2.30. The van der Waals surface area contributed by atoms with E-state index in [9.17, 15) is 4.79 Å². The SMILES string of the molecule is O=C(Nc1ccncc1)c1ccnc(Br)c1. The lowest BCUT2D eigenvalue weighted by Gasteiger charge is -2.04. The summed E-state index contributed by atoms with van der Waals surface area (Å²) in [7, 11) is 0. The maximum Gasteiger partial charge on any atom is 0.255 e. The van der Waals surface area contributed by atoms with Gasteiger partial charge in [-0.05, 0) is 40.2 Å². The Balaban J connectivity index is 2.15. The molecule has 0 fully saturated rings. The minimum atomic E-state index is -0.172. The van der Waals surface area contributed by atoms with Gasteiger partial charge in [0.05, 0.1) is 0 Å². The summed E-state index contributed by atoms with van der Waals surface area (Å²) in [4.78, 5) is 19.6. The molecule has 0 atom stereocenters. The number of nitrogens with one attached hydrogen (secondary N) is 1. The fraction of sp³-hybridized carbons (Fsp3) is 0. The summed E-state index contributed by atoms with van der Waals surface area (Å²) in [6.45, 7) is 0. The second-order valence-corrected chi connectivity index (χ2v) is 3.87. The molecule has 0 saturated heterocycles. The molecule has 0 bridgehead atoms. The fourth-order valence-corrected chi connectivity index (χ4v) is 1.55. The molecule has 0 aliphatic rings. The van der Waals surface area contributed by atoms with E-state index >= 15 is 0 Å². The van der Waals surface area contributed by atoms with E-state index in [4.69, 9.17) is 0 Å². The minimum absolute atomic E-state index is 0.172. The van der Waals surface area contributed by atoms with Gasteiger partial charge < -0.3 is 5.32 Å². The molecule has 0 aliphatic heterocycles. The van der Waals surface area contributed by atoms with Crippen LogP contribution in [-0.2, 0) is 0 Å². The van der Waals surface area contributed by atoms with Crippen LogP contribution >= 0.6 is 15.9 Å². The van der Waals surface area contributed by atoms with Crippen molar-refractivity contribution in [2.45, 2.75) is 0 Å². The molecule has 2 aromatic heterocycles. The third kappa shape index (κ3) is 2.64. The van der Waals surface area contributed by atoms with Crippen LogP contribution < -0.4 is 5.32 Å². The first kappa shape index (κ1) is 10.8. The Morgan fingerprint density at radius 1 is 1.19 bits per heavy atom. The summed E-state index contributed by atoms with van der Waals surface area (Å²) in [6.07, 6.45) is 4.82. The summed E-state index contributed by atoms with van der Waals surface area (Å²) in [5, 5.41) is 2.76. The van der Waals surface area contributed by atoms with Crippen molar-refractivity contribution in [2.75, 3.05) is 5.32 Å². The number of amides is 1. The molecule has 0 aliphatic carbocycles. The van der Waals surface area contributed by atoms with E-state index in [2.05, 4.69) is 31.2 Å². The molecular weight excluding hydrogens is 270 g/mol. The first-order valence-electron chi connectivity index (χ1n) is 4.58. The number of nitrogens with zero attached hydrogens (tertiary/aromatic N) is 2. The van der Waals surface area contributed by atoms with Crippen molar-refractivity contribution < 1.29 is 4.79 Å². The number of carbonyl (C=O) groups excluding carboxylic acids is 1. The Morgan fingerprint density at radius 3 is 2.62 bits per heavy atom. The molecule has 2 rings (SSSR count). The van der Waals surface area contributed by atoms with Crippen molar-refractivity contribution in [1.82, 2.24) is 9.97 Å². The Bertz CT molecular complexity index is 502. The van der Waals surface area contributed by atoms with Gasteiger partial charge in [-0.25, -0.2) is 4.98 Å². The summed E-state index contributed by atoms with van der Waals surface area (Å²) in [5.41, 5.74) is 1.27. The molecule has 4 nitrogen and oxygen atoms in total. The normalized spacial score (nSPS) is 9.81. The molecule has 0 aromatic carbocycles. The lowest BCUT2D eigenvalue weighted by atomic mass is 10.2. The van der Waals surface area contributed by atoms with Gasteiger partial charge in [-0.1, -0.05) is 0 Å². The van der Waals surface area contributed by atoms with Gasteiger partial charge in [0.15, 0.2) is 0 Å². The first-order chi connectivity index (χ1) is 7.75. The van der Waals surface area contributed by atoms with E-state index in [0.717, 1.165) is 0 Å². The van der Waals surface area contributed by atoms with E-state index in [1.807, 2.05) is 0 Å². The van der Waals surface area contributed by atoms with Gasteiger partial charge in [0.2, 0.25) is 0 Å². The zero-order valence-electron chi connectivity index (χ0n) is 8.22. The van der Waals surface area contributed by atoms with Crippen LogP contribution in [-0.4, -0.2) is 15.9 Å². The minimum Gasteiger partial charge on any atom is -0.322 e. The summed E-state index contributed by atoms with van der Waals surface area (Å²) in [6, 6.07) is 6.78. The van der Waals surface area contributed by atoms with E-state index in [1.54, 1.807) is 42.9 Å². The number of pyridine rings is 2. The second-order valence-electron chi connectivity index (χ2n) is 3.06. The van der Waals surface area contributed by atoms with Crippen LogP contribution in [0.1, 0.15) is 10.4 Å². The Labute approximate surface area is 101 Å². The third-order valence-corrected chi connectivity index (χ3v) is 2.36. The van der Waals surface area contributed by atoms with Gasteiger partial charge in [-0.3, -0.25) is 9.78 Å². The van der Waals surface area contributed by atoms with Crippen molar-refractivity contribution >= 4 is 27.5 Å². The highest BCUT2D eigenvalue weighted by Gasteiger charge is 2.06. The van der Waals surface area contributed by atoms with E-state index < -0.39 is 0 Å². The number of carbonyl (C=O) groups is 1. The maximum absolute atomic E-state index is 11.8. The highest BCUT2D eigenvalue weighted by molar-refractivity contribution is 9.10. The van der Waals surface area contributed by atoms with E-state index in [-0.39, 0.29) is 5.91 Å². The lowest BCUT2D eigenvalue weighted by Crippen LogP contribution is -2.11. The van der Waals surface area contributed by atoms with Gasteiger partial charge in [-0.15, -0.1) is 0 Å². The molecule has 2 aromatic rings. The van der Waals surface area contributed by atoms with E-state index in [1.165, 1.54) is 0 Å². The van der Waals surface area contributed by atoms with Crippen LogP contribution in [0.2, 0.25) is 0 Å². The number of hydrogen-bond acceptors (Lipinski definition) is 3. The summed E-state index contributed by atoms with van der Waals surface area (Å²) >= 11 is 3.21. The van der Waals surface area contributed by atoms with Crippen molar-refractivity contribution in [3.05, 3.63) is 53.0 Å². The first-order valence-corrected chi connectivity index (χ1v) is 5.38. The van der Waals surface area contributed by atoms with Gasteiger partial charge in [0, 0.05) is 29.8 Å². The van der Waals surface area contributed by atoms with Gasteiger partial charge in [0.25, 0.3) is 5.91 Å². The molecule has 2 heterocycles. The lowest BCUT2D eigenvalue weighted by molar-refractivity contribution is 0.102. The van der Waals surface area contributed by atoms with Crippen LogP contribution in [0, 0.1) is 0 Å². The molecule has 0 radical (unpaired) electrons. The molecule has 0 saturated carbocycles. The second kappa shape index (κ2) is 4.85. The molecular formula is C11H8BrN3O. The van der Waals surface area contributed by atoms with Gasteiger partial charge >= 0.3 is 0 Å². The third-order valence-electron chi connectivity index (χ3n) is 1.93. The van der Waals surface area contributed by atoms with Gasteiger partial charge in [0.1, 0.15) is 4.60 Å². The molecule has 5 heteroatoms. The monoisotopic (exact) mass is 277 g/mol. The molecule has 1 N–H and O–H groups in total. The van der Waals surface area contributed by atoms with E-state index in [0.29, 0.717) is 15.9 Å². The largest absolute Gasteiger partial charge is 0.322 e. The fourth-order valence-electron chi connectivity index (χ4n) is 1.18. The highest BCUT2D eigenvalue weighted by Crippen LogP contribution is 2.11.